The Labute approximate surface area is 333 Å². The Morgan fingerprint density at radius 1 is 1.12 bits per heavy atom. The number of aromatic nitrogens is 1. The van der Waals surface area contributed by atoms with E-state index in [1.54, 1.807) is 32.0 Å². The summed E-state index contributed by atoms with van der Waals surface area (Å²) in [5, 5.41) is 3.42. The third-order valence-corrected chi connectivity index (χ3v) is 14.5. The molecule has 5 aliphatic rings. The quantitative estimate of drug-likeness (QED) is 0.262. The number of fused-ring (bicyclic) bond motifs is 5. The van der Waals surface area contributed by atoms with E-state index in [2.05, 4.69) is 10.0 Å². The number of allylic oxidation sites excluding steroid dienone is 1. The second-order valence-corrected chi connectivity index (χ2v) is 20.5. The first-order chi connectivity index (χ1) is 26.8. The van der Waals surface area contributed by atoms with Crippen molar-refractivity contribution in [3.8, 4) is 11.5 Å². The Morgan fingerprint density at radius 2 is 1.88 bits per heavy atom. The van der Waals surface area contributed by atoms with E-state index in [0.29, 0.717) is 60.0 Å². The zero-order valence-electron chi connectivity index (χ0n) is 33.7. The van der Waals surface area contributed by atoms with Crippen molar-refractivity contribution in [3.05, 3.63) is 41.6 Å². The molecule has 1 spiro atoms. The van der Waals surface area contributed by atoms with Gasteiger partial charge in [0.25, 0.3) is 5.91 Å². The van der Waals surface area contributed by atoms with Gasteiger partial charge in [-0.2, -0.15) is 0 Å². The minimum absolute atomic E-state index is 0.115. The third kappa shape index (κ3) is 8.09. The molecule has 13 nitrogen and oxygen atoms in total. The number of rotatable bonds is 7. The summed E-state index contributed by atoms with van der Waals surface area (Å²) in [5.41, 5.74) is -1.91. The van der Waals surface area contributed by atoms with Gasteiger partial charge in [0, 0.05) is 35.6 Å². The first kappa shape index (κ1) is 40.9. The number of sulfonamides is 1. The summed E-state index contributed by atoms with van der Waals surface area (Å²) in [6.45, 7) is 9.11. The number of nitrogens with one attached hydrogen (secondary N) is 2. The van der Waals surface area contributed by atoms with E-state index in [0.717, 1.165) is 12.8 Å². The number of amides is 3. The van der Waals surface area contributed by atoms with Crippen molar-refractivity contribution < 1.29 is 46.2 Å². The van der Waals surface area contributed by atoms with Crippen molar-refractivity contribution in [2.24, 2.45) is 17.3 Å². The van der Waals surface area contributed by atoms with E-state index in [9.17, 15) is 27.6 Å². The van der Waals surface area contributed by atoms with Crippen LogP contribution in [-0.2, 0) is 33.9 Å². The molecule has 3 aliphatic heterocycles. The maximum absolute atomic E-state index is 16.8. The Morgan fingerprint density at radius 3 is 2.58 bits per heavy atom. The van der Waals surface area contributed by atoms with Gasteiger partial charge in [0.15, 0.2) is 0 Å². The third-order valence-electron chi connectivity index (χ3n) is 12.3. The van der Waals surface area contributed by atoms with Crippen LogP contribution in [0.1, 0.15) is 116 Å². The molecule has 2 aromatic rings. The molecule has 0 bridgehead atoms. The van der Waals surface area contributed by atoms with Crippen LogP contribution in [0.15, 0.2) is 30.4 Å². The summed E-state index contributed by atoms with van der Waals surface area (Å²) in [7, 11) is -2.51. The molecule has 57 heavy (non-hydrogen) atoms. The highest BCUT2D eigenvalue weighted by molar-refractivity contribution is 7.91. The molecule has 0 unspecified atom stereocenters. The molecule has 1 aromatic carbocycles. The van der Waals surface area contributed by atoms with E-state index in [-0.39, 0.29) is 50.0 Å². The van der Waals surface area contributed by atoms with E-state index in [4.69, 9.17) is 19.2 Å². The molecule has 1 saturated heterocycles. The van der Waals surface area contributed by atoms with Crippen molar-refractivity contribution in [2.45, 2.75) is 133 Å². The molecule has 15 heteroatoms. The minimum atomic E-state index is -4.03. The van der Waals surface area contributed by atoms with Gasteiger partial charge in [-0.15, -0.1) is 0 Å². The van der Waals surface area contributed by atoms with Crippen LogP contribution in [0.5, 0.6) is 11.5 Å². The van der Waals surface area contributed by atoms with Crippen LogP contribution in [-0.4, -0.2) is 84.2 Å². The van der Waals surface area contributed by atoms with Gasteiger partial charge < -0.3 is 24.4 Å². The van der Waals surface area contributed by atoms with Crippen LogP contribution in [0.4, 0.5) is 4.39 Å². The maximum atomic E-state index is 16.8. The van der Waals surface area contributed by atoms with Crippen molar-refractivity contribution in [2.75, 3.05) is 20.3 Å². The smallest absolute Gasteiger partial charge is 0.306 e. The number of esters is 1. The van der Waals surface area contributed by atoms with E-state index >= 15 is 4.39 Å². The summed E-state index contributed by atoms with van der Waals surface area (Å²) in [6.07, 6.45) is 5.95. The monoisotopic (exact) mass is 810 g/mol. The molecule has 2 N–H and O–H groups in total. The second-order valence-electron chi connectivity index (χ2n) is 18.3. The molecule has 4 heterocycles. The van der Waals surface area contributed by atoms with Crippen molar-refractivity contribution in [1.29, 1.82) is 0 Å². The number of pyridine rings is 1. The first-order valence-corrected chi connectivity index (χ1v) is 21.6. The summed E-state index contributed by atoms with van der Waals surface area (Å²) < 4.78 is 62.2. The van der Waals surface area contributed by atoms with Gasteiger partial charge in [0.2, 0.25) is 21.8 Å². The second kappa shape index (κ2) is 14.8. The number of alkyl halides is 1. The SMILES string of the molecule is COc1ccc2nc(C)c3c(c2c1)[C@H](F)C[C@]1(C[C@H]2C(=O)N[C@]4(C(=O)NS(=O)(=O)C5(C)CC5)C[C@H]4/C=C\CCCCC[C@H](CC(=O)OCC(C)(C)C)C(=O)N2C1)O3. The largest absolute Gasteiger partial charge is 0.497 e. The molecule has 310 valence electrons. The van der Waals surface area contributed by atoms with Gasteiger partial charge >= 0.3 is 5.97 Å². The zero-order valence-corrected chi connectivity index (χ0v) is 34.6. The zero-order chi connectivity index (χ0) is 41.1. The van der Waals surface area contributed by atoms with Crippen LogP contribution in [0.25, 0.3) is 10.9 Å². The highest BCUT2D eigenvalue weighted by atomic mass is 32.2. The topological polar surface area (TPSA) is 170 Å². The van der Waals surface area contributed by atoms with Crippen LogP contribution < -0.4 is 19.5 Å². The van der Waals surface area contributed by atoms with E-state index in [1.165, 1.54) is 12.0 Å². The molecule has 3 fully saturated rings. The molecule has 2 aliphatic carbocycles. The van der Waals surface area contributed by atoms with Crippen LogP contribution in [0.2, 0.25) is 0 Å². The lowest BCUT2D eigenvalue weighted by Gasteiger charge is -2.38. The average Bonchev–Trinajstić information content (AvgIpc) is 4.03. The van der Waals surface area contributed by atoms with Crippen molar-refractivity contribution in [1.82, 2.24) is 19.9 Å². The first-order valence-electron chi connectivity index (χ1n) is 20.1. The average molecular weight is 811 g/mol. The van der Waals surface area contributed by atoms with Gasteiger partial charge in [-0.05, 0) is 76.0 Å². The van der Waals surface area contributed by atoms with Crippen molar-refractivity contribution in [3.63, 3.8) is 0 Å². The molecule has 0 radical (unpaired) electrons. The highest BCUT2D eigenvalue weighted by Crippen LogP contribution is 2.52. The lowest BCUT2D eigenvalue weighted by molar-refractivity contribution is -0.152. The molecule has 3 amide bonds. The van der Waals surface area contributed by atoms with Crippen LogP contribution in [0, 0.1) is 24.2 Å². The Balaban J connectivity index is 1.25. The number of hydrogen-bond donors (Lipinski definition) is 2. The van der Waals surface area contributed by atoms with Gasteiger partial charge in [-0.25, -0.2) is 17.8 Å². The Bertz CT molecular complexity index is 2110. The summed E-state index contributed by atoms with van der Waals surface area (Å²) >= 11 is 0. The van der Waals surface area contributed by atoms with Crippen LogP contribution >= 0.6 is 0 Å². The summed E-state index contributed by atoms with van der Waals surface area (Å²) in [5.74, 6) is -3.08. The van der Waals surface area contributed by atoms with Gasteiger partial charge in [0.1, 0.15) is 34.9 Å². The molecule has 2 saturated carbocycles. The Kier molecular flexibility index (Phi) is 10.6. The van der Waals surface area contributed by atoms with E-state index < -0.39 is 73.7 Å². The van der Waals surface area contributed by atoms with Gasteiger partial charge in [-0.1, -0.05) is 45.8 Å². The highest BCUT2D eigenvalue weighted by Gasteiger charge is 2.64. The standard InChI is InChI=1S/C42H55FN4O9S/c1-25-35-34(29-19-28(54-6)14-15-31(29)44-25)30(43)21-41(56-35)22-32-36(49)45-42(38(51)46-57(52,53)40(5)16-17-40)20-27(42)13-11-9-7-8-10-12-26(37(50)47(32)23-41)18-33(48)55-24-39(2,3)4/h11,13-15,19,26-27,30,32H,7-10,12,16-18,20-24H2,1-6H3,(H,45,49)(H,46,51)/b13-11-/t26-,27-,30-,32+,41-,42-/m1/s1. The molecule has 1 aromatic heterocycles. The number of benzene rings is 1. The van der Waals surface area contributed by atoms with Crippen molar-refractivity contribution >= 4 is 44.6 Å². The van der Waals surface area contributed by atoms with Gasteiger partial charge in [0.05, 0.1) is 42.6 Å². The number of halogens is 1. The Hall–Kier alpha value is -4.27. The molecular weight excluding hydrogens is 756 g/mol. The lowest BCUT2D eigenvalue weighted by atomic mass is 9.86. The number of carbonyl (C=O) groups excluding carboxylic acids is 4. The molecular formula is C42H55FN4O9S. The summed E-state index contributed by atoms with van der Waals surface area (Å²) in [6, 6.07) is 3.98. The maximum Gasteiger partial charge on any atom is 0.306 e. The number of ether oxygens (including phenoxy) is 3. The minimum Gasteiger partial charge on any atom is -0.497 e. The number of carbonyl (C=O) groups is 4. The number of aryl methyl sites for hydroxylation is 1. The predicted octanol–water partition coefficient (Wildman–Crippen LogP) is 5.67. The van der Waals surface area contributed by atoms with E-state index in [1.807, 2.05) is 32.9 Å². The predicted molar refractivity (Wildman–Crippen MR) is 209 cm³/mol. The lowest BCUT2D eigenvalue weighted by Crippen LogP contribution is -2.57. The number of hydrogen-bond acceptors (Lipinski definition) is 10. The normalized spacial score (nSPS) is 30.4. The number of methoxy groups -OCH3 is 1. The molecule has 6 atom stereocenters. The van der Waals surface area contributed by atoms with Gasteiger partial charge in [-0.3, -0.25) is 23.9 Å². The fraction of sp³-hybridized carbons (Fsp3) is 0.643. The fourth-order valence-corrected chi connectivity index (χ4v) is 9.84. The van der Waals surface area contributed by atoms with Crippen LogP contribution in [0.3, 0.4) is 0 Å². The fourth-order valence-electron chi connectivity index (χ4n) is 8.53. The molecule has 7 rings (SSSR count). The summed E-state index contributed by atoms with van der Waals surface area (Å²) in [4.78, 5) is 62.8. The number of nitrogens with zero attached hydrogens (tertiary/aromatic N) is 2.